The van der Waals surface area contributed by atoms with E-state index in [2.05, 4.69) is 4.90 Å². The molecule has 0 atom stereocenters. The van der Waals surface area contributed by atoms with Crippen LogP contribution in [-0.4, -0.2) is 62.6 Å². The van der Waals surface area contributed by atoms with Crippen molar-refractivity contribution in [1.82, 2.24) is 13.8 Å². The number of methoxy groups -OCH3 is 2. The summed E-state index contributed by atoms with van der Waals surface area (Å²) < 4.78 is 40.9. The van der Waals surface area contributed by atoms with Gasteiger partial charge in [-0.15, -0.1) is 11.3 Å². The topological polar surface area (TPSA) is 81.1 Å². The van der Waals surface area contributed by atoms with E-state index in [-0.39, 0.29) is 5.56 Å². The molecule has 1 aliphatic rings. The van der Waals surface area contributed by atoms with E-state index in [1.807, 2.05) is 36.5 Å². The van der Waals surface area contributed by atoms with Gasteiger partial charge in [-0.05, 0) is 35.9 Å². The third kappa shape index (κ3) is 4.89. The first kappa shape index (κ1) is 25.5. The first-order valence-corrected chi connectivity index (χ1v) is 14.2. The summed E-state index contributed by atoms with van der Waals surface area (Å²) in [5.41, 5.74) is 1.85. The lowest BCUT2D eigenvalue weighted by molar-refractivity contribution is 0.183. The highest BCUT2D eigenvalue weighted by molar-refractivity contribution is 7.89. The van der Waals surface area contributed by atoms with Crippen molar-refractivity contribution in [3.8, 4) is 22.6 Å². The molecule has 2 aromatic carbocycles. The normalized spacial score (nSPS) is 15.2. The maximum atomic E-state index is 13.0. The zero-order valence-electron chi connectivity index (χ0n) is 21.0. The Kier molecular flexibility index (Phi) is 7.09. The number of pyridine rings is 1. The fourth-order valence-electron chi connectivity index (χ4n) is 4.68. The van der Waals surface area contributed by atoms with Crippen LogP contribution in [0.15, 0.2) is 70.5 Å². The van der Waals surface area contributed by atoms with E-state index in [1.54, 1.807) is 65.7 Å². The summed E-state index contributed by atoms with van der Waals surface area (Å²) in [6, 6.07) is 16.3. The molecule has 0 N–H and O–H groups in total. The van der Waals surface area contributed by atoms with Crippen LogP contribution < -0.4 is 15.0 Å². The number of aromatic nitrogens is 1. The molecule has 194 valence electrons. The van der Waals surface area contributed by atoms with E-state index in [0.29, 0.717) is 54.5 Å². The van der Waals surface area contributed by atoms with Crippen LogP contribution in [0.3, 0.4) is 0 Å². The largest absolute Gasteiger partial charge is 0.493 e. The number of benzene rings is 2. The second kappa shape index (κ2) is 10.3. The van der Waals surface area contributed by atoms with Crippen molar-refractivity contribution >= 4 is 31.4 Å². The molecule has 1 aliphatic heterocycles. The summed E-state index contributed by atoms with van der Waals surface area (Å²) >= 11 is 1.60. The number of nitrogens with zero attached hydrogens (tertiary/aromatic N) is 3. The summed E-state index contributed by atoms with van der Waals surface area (Å²) in [6.45, 7) is 2.77. The third-order valence-electron chi connectivity index (χ3n) is 6.69. The van der Waals surface area contributed by atoms with Crippen molar-refractivity contribution in [2.24, 2.45) is 7.05 Å². The van der Waals surface area contributed by atoms with Crippen molar-refractivity contribution in [1.29, 1.82) is 0 Å². The van der Waals surface area contributed by atoms with Gasteiger partial charge in [0.25, 0.3) is 5.56 Å². The summed E-state index contributed by atoms with van der Waals surface area (Å²) in [6.07, 6.45) is 1.86. The Bertz CT molecular complexity index is 1590. The van der Waals surface area contributed by atoms with Gasteiger partial charge in [0, 0.05) is 61.1 Å². The zero-order chi connectivity index (χ0) is 26.2. The highest BCUT2D eigenvalue weighted by atomic mass is 32.2. The first-order valence-electron chi connectivity index (χ1n) is 11.9. The van der Waals surface area contributed by atoms with Crippen LogP contribution in [0.2, 0.25) is 0 Å². The molecule has 0 radical (unpaired) electrons. The minimum atomic E-state index is -3.49. The van der Waals surface area contributed by atoms with Gasteiger partial charge in [0.05, 0.1) is 24.5 Å². The number of thiophene rings is 1. The van der Waals surface area contributed by atoms with Gasteiger partial charge in [-0.1, -0.05) is 24.3 Å². The Labute approximate surface area is 220 Å². The molecule has 37 heavy (non-hydrogen) atoms. The Morgan fingerprint density at radius 3 is 2.30 bits per heavy atom. The molecule has 2 aromatic heterocycles. The van der Waals surface area contributed by atoms with Gasteiger partial charge in [-0.3, -0.25) is 9.69 Å². The van der Waals surface area contributed by atoms with E-state index in [1.165, 1.54) is 0 Å². The van der Waals surface area contributed by atoms with Crippen molar-refractivity contribution in [3.05, 3.63) is 76.0 Å². The number of hydrogen-bond donors (Lipinski definition) is 0. The second-order valence-electron chi connectivity index (χ2n) is 8.98. The lowest BCUT2D eigenvalue weighted by Gasteiger charge is -2.33. The number of piperazine rings is 1. The molecular formula is C27H29N3O5S2. The van der Waals surface area contributed by atoms with E-state index >= 15 is 0 Å². The highest BCUT2D eigenvalue weighted by Gasteiger charge is 2.28. The molecule has 0 saturated carbocycles. The standard InChI is InChI=1S/C27H29N3O5S2/c1-28-18-23(19-9-10-24(34-2)25(15-19)35-3)26-22(27(28)31)16-20(36-26)17-29-11-13-30(14-12-29)37(32,33)21-7-5-4-6-8-21/h4-10,15-16,18H,11-14,17H2,1-3H3. The van der Waals surface area contributed by atoms with Crippen LogP contribution in [-0.2, 0) is 23.6 Å². The van der Waals surface area contributed by atoms with Gasteiger partial charge in [-0.2, -0.15) is 4.31 Å². The number of sulfonamides is 1. The molecule has 0 spiro atoms. The molecule has 0 aliphatic carbocycles. The van der Waals surface area contributed by atoms with Crippen LogP contribution in [0.1, 0.15) is 4.88 Å². The molecule has 8 nitrogen and oxygen atoms in total. The molecule has 10 heteroatoms. The second-order valence-corrected chi connectivity index (χ2v) is 12.1. The van der Waals surface area contributed by atoms with E-state index < -0.39 is 10.0 Å². The Hall–Kier alpha value is -3.18. The summed E-state index contributed by atoms with van der Waals surface area (Å²) in [7, 11) is 1.47. The quantitative estimate of drug-likeness (QED) is 0.356. The number of ether oxygens (including phenoxy) is 2. The maximum absolute atomic E-state index is 13.0. The molecule has 0 bridgehead atoms. The minimum Gasteiger partial charge on any atom is -0.493 e. The Morgan fingerprint density at radius 1 is 0.919 bits per heavy atom. The predicted octanol–water partition coefficient (Wildman–Crippen LogP) is 3.79. The van der Waals surface area contributed by atoms with E-state index in [4.69, 9.17) is 9.47 Å². The molecule has 0 unspecified atom stereocenters. The number of fused-ring (bicyclic) bond motifs is 1. The lowest BCUT2D eigenvalue weighted by Crippen LogP contribution is -2.48. The van der Waals surface area contributed by atoms with Crippen LogP contribution in [0.4, 0.5) is 0 Å². The molecule has 0 amide bonds. The van der Waals surface area contributed by atoms with Crippen molar-refractivity contribution in [2.75, 3.05) is 40.4 Å². The van der Waals surface area contributed by atoms with Gasteiger partial charge >= 0.3 is 0 Å². The minimum absolute atomic E-state index is 0.0412. The van der Waals surface area contributed by atoms with Crippen molar-refractivity contribution in [3.63, 3.8) is 0 Å². The zero-order valence-corrected chi connectivity index (χ0v) is 22.6. The molecule has 5 rings (SSSR count). The molecular weight excluding hydrogens is 510 g/mol. The first-order chi connectivity index (χ1) is 17.8. The molecule has 1 saturated heterocycles. The fourth-order valence-corrected chi connectivity index (χ4v) is 7.35. The summed E-state index contributed by atoms with van der Waals surface area (Å²) in [4.78, 5) is 16.6. The van der Waals surface area contributed by atoms with Gasteiger partial charge < -0.3 is 14.0 Å². The van der Waals surface area contributed by atoms with E-state index in [0.717, 1.165) is 20.7 Å². The Balaban J connectivity index is 1.39. The van der Waals surface area contributed by atoms with Crippen LogP contribution in [0.5, 0.6) is 11.5 Å². The highest BCUT2D eigenvalue weighted by Crippen LogP contribution is 2.37. The van der Waals surface area contributed by atoms with Gasteiger partial charge in [0.1, 0.15) is 0 Å². The molecule has 3 heterocycles. The van der Waals surface area contributed by atoms with Crippen LogP contribution >= 0.6 is 11.3 Å². The number of hydrogen-bond acceptors (Lipinski definition) is 7. The van der Waals surface area contributed by atoms with Crippen molar-refractivity contribution in [2.45, 2.75) is 11.4 Å². The van der Waals surface area contributed by atoms with Crippen LogP contribution in [0, 0.1) is 0 Å². The van der Waals surface area contributed by atoms with E-state index in [9.17, 15) is 13.2 Å². The van der Waals surface area contributed by atoms with Crippen LogP contribution in [0.25, 0.3) is 21.2 Å². The average molecular weight is 540 g/mol. The molecule has 1 fully saturated rings. The smallest absolute Gasteiger partial charge is 0.259 e. The van der Waals surface area contributed by atoms with Gasteiger partial charge in [0.15, 0.2) is 11.5 Å². The predicted molar refractivity (Wildman–Crippen MR) is 146 cm³/mol. The number of aryl methyl sites for hydroxylation is 1. The van der Waals surface area contributed by atoms with Crippen molar-refractivity contribution < 1.29 is 17.9 Å². The summed E-state index contributed by atoms with van der Waals surface area (Å²) in [5.74, 6) is 1.27. The van der Waals surface area contributed by atoms with Gasteiger partial charge in [0.2, 0.25) is 10.0 Å². The SMILES string of the molecule is COc1ccc(-c2cn(C)c(=O)c3cc(CN4CCN(S(=O)(=O)c5ccccc5)CC4)sc23)cc1OC. The average Bonchev–Trinajstić information content (AvgIpc) is 3.35. The summed E-state index contributed by atoms with van der Waals surface area (Å²) in [5, 5.41) is 0.681. The van der Waals surface area contributed by atoms with Gasteiger partial charge in [-0.25, -0.2) is 8.42 Å². The number of rotatable bonds is 7. The monoisotopic (exact) mass is 539 g/mol. The maximum Gasteiger partial charge on any atom is 0.259 e. The fraction of sp³-hybridized carbons (Fsp3) is 0.296. The third-order valence-corrected chi connectivity index (χ3v) is 9.75. The molecule has 4 aromatic rings. The Morgan fingerprint density at radius 2 is 1.62 bits per heavy atom. The lowest BCUT2D eigenvalue weighted by atomic mass is 10.1.